The molecule has 0 bridgehead atoms. The molecular formula is C15H16Cl2O3. The van der Waals surface area contributed by atoms with Gasteiger partial charge in [-0.05, 0) is 37.0 Å². The van der Waals surface area contributed by atoms with Crippen molar-refractivity contribution in [2.24, 2.45) is 5.92 Å². The maximum absolute atomic E-state index is 11.4. The van der Waals surface area contributed by atoms with Crippen molar-refractivity contribution in [1.29, 1.82) is 0 Å². The Balaban J connectivity index is 2.14. The number of carboxylic acid groups (broad SMARTS) is 1. The summed E-state index contributed by atoms with van der Waals surface area (Å²) >= 11 is 11.8. The number of hydrogen-bond donors (Lipinski definition) is 1. The van der Waals surface area contributed by atoms with E-state index in [-0.39, 0.29) is 5.92 Å². The van der Waals surface area contributed by atoms with E-state index in [2.05, 4.69) is 0 Å². The van der Waals surface area contributed by atoms with E-state index in [1.165, 1.54) is 12.7 Å². The molecular weight excluding hydrogens is 299 g/mol. The topological polar surface area (TPSA) is 46.5 Å². The molecule has 3 nitrogen and oxygen atoms in total. The molecule has 1 fully saturated rings. The van der Waals surface area contributed by atoms with E-state index in [1.807, 2.05) is 0 Å². The van der Waals surface area contributed by atoms with Crippen molar-refractivity contribution in [3.05, 3.63) is 40.1 Å². The van der Waals surface area contributed by atoms with E-state index in [9.17, 15) is 9.90 Å². The van der Waals surface area contributed by atoms with Gasteiger partial charge < -0.3 is 9.84 Å². The Hall–Kier alpha value is -1.19. The smallest absolute Gasteiger partial charge is 0.334 e. The minimum Gasteiger partial charge on any atom is -0.478 e. The van der Waals surface area contributed by atoms with E-state index >= 15 is 0 Å². The number of hydrogen-bond acceptors (Lipinski definition) is 2. The molecule has 0 saturated heterocycles. The van der Waals surface area contributed by atoms with Gasteiger partial charge in [0.05, 0.1) is 10.6 Å². The van der Waals surface area contributed by atoms with Crippen LogP contribution in [0.25, 0.3) is 0 Å². The van der Waals surface area contributed by atoms with Gasteiger partial charge in [0.15, 0.2) is 0 Å². The average Bonchev–Trinajstić information content (AvgIpc) is 2.42. The lowest BCUT2D eigenvalue weighted by atomic mass is 9.84. The highest BCUT2D eigenvalue weighted by atomic mass is 35.5. The Morgan fingerprint density at radius 1 is 1.25 bits per heavy atom. The fourth-order valence-corrected chi connectivity index (χ4v) is 2.89. The first-order valence-corrected chi connectivity index (χ1v) is 7.38. The van der Waals surface area contributed by atoms with Gasteiger partial charge in [0.2, 0.25) is 0 Å². The first-order valence-electron chi connectivity index (χ1n) is 6.63. The van der Waals surface area contributed by atoms with E-state index in [1.54, 1.807) is 18.2 Å². The van der Waals surface area contributed by atoms with Crippen molar-refractivity contribution in [3.63, 3.8) is 0 Å². The fraction of sp³-hybridized carbons (Fsp3) is 0.400. The number of halogens is 2. The van der Waals surface area contributed by atoms with Crippen molar-refractivity contribution in [2.45, 2.75) is 32.1 Å². The van der Waals surface area contributed by atoms with Gasteiger partial charge in [-0.25, -0.2) is 4.79 Å². The molecule has 0 atom stereocenters. The molecule has 0 unspecified atom stereocenters. The summed E-state index contributed by atoms with van der Waals surface area (Å²) in [5.41, 5.74) is 0.315. The first-order chi connectivity index (χ1) is 9.58. The Kier molecular flexibility index (Phi) is 5.32. The monoisotopic (exact) mass is 314 g/mol. The van der Waals surface area contributed by atoms with Gasteiger partial charge >= 0.3 is 5.97 Å². The summed E-state index contributed by atoms with van der Waals surface area (Å²) < 4.78 is 5.43. The molecule has 0 radical (unpaired) electrons. The van der Waals surface area contributed by atoms with Crippen LogP contribution in [0.15, 0.2) is 30.0 Å². The van der Waals surface area contributed by atoms with E-state index in [0.29, 0.717) is 21.4 Å². The maximum Gasteiger partial charge on any atom is 0.334 e. The summed E-state index contributed by atoms with van der Waals surface area (Å²) in [6.45, 7) is 0. The molecule has 20 heavy (non-hydrogen) atoms. The highest BCUT2D eigenvalue weighted by molar-refractivity contribution is 6.35. The number of rotatable bonds is 4. The van der Waals surface area contributed by atoms with Gasteiger partial charge in [-0.3, -0.25) is 0 Å². The lowest BCUT2D eigenvalue weighted by molar-refractivity contribution is -0.133. The summed E-state index contributed by atoms with van der Waals surface area (Å²) in [6, 6.07) is 4.84. The van der Waals surface area contributed by atoms with Crippen LogP contribution in [-0.2, 0) is 4.79 Å². The molecule has 2 rings (SSSR count). The molecule has 1 saturated carbocycles. The second kappa shape index (κ2) is 7.00. The molecule has 0 aliphatic heterocycles. The van der Waals surface area contributed by atoms with Crippen LogP contribution >= 0.6 is 23.2 Å². The molecule has 108 valence electrons. The van der Waals surface area contributed by atoms with Crippen LogP contribution in [-0.4, -0.2) is 11.1 Å². The Morgan fingerprint density at radius 3 is 2.55 bits per heavy atom. The van der Waals surface area contributed by atoms with Crippen LogP contribution in [0, 0.1) is 5.92 Å². The summed E-state index contributed by atoms with van der Waals surface area (Å²) in [4.78, 5) is 11.4. The summed E-state index contributed by atoms with van der Waals surface area (Å²) in [6.07, 6.45) is 6.42. The third kappa shape index (κ3) is 3.90. The number of benzene rings is 1. The van der Waals surface area contributed by atoms with Gasteiger partial charge in [-0.15, -0.1) is 0 Å². The van der Waals surface area contributed by atoms with Crippen LogP contribution in [0.2, 0.25) is 10.0 Å². The molecule has 0 heterocycles. The van der Waals surface area contributed by atoms with Gasteiger partial charge in [0, 0.05) is 5.02 Å². The number of ether oxygens (including phenoxy) is 1. The van der Waals surface area contributed by atoms with E-state index in [4.69, 9.17) is 27.9 Å². The molecule has 1 aliphatic carbocycles. The Morgan fingerprint density at radius 2 is 1.95 bits per heavy atom. The highest BCUT2D eigenvalue weighted by Gasteiger charge is 2.23. The molecule has 0 aromatic heterocycles. The van der Waals surface area contributed by atoms with Gasteiger partial charge in [-0.2, -0.15) is 0 Å². The van der Waals surface area contributed by atoms with Crippen LogP contribution in [0.5, 0.6) is 5.75 Å². The SMILES string of the molecule is O=C(O)C(=COc1ccc(Cl)cc1Cl)C1CCCCC1. The van der Waals surface area contributed by atoms with Crippen molar-refractivity contribution >= 4 is 29.2 Å². The zero-order chi connectivity index (χ0) is 14.5. The van der Waals surface area contributed by atoms with Gasteiger partial charge in [-0.1, -0.05) is 42.5 Å². The number of aliphatic carboxylic acids is 1. The second-order valence-electron chi connectivity index (χ2n) is 4.91. The number of carboxylic acids is 1. The lowest BCUT2D eigenvalue weighted by Crippen LogP contribution is -2.16. The minimum atomic E-state index is -0.929. The van der Waals surface area contributed by atoms with Crippen molar-refractivity contribution in [2.75, 3.05) is 0 Å². The number of carbonyl (C=O) groups is 1. The lowest BCUT2D eigenvalue weighted by Gasteiger charge is -2.21. The summed E-state index contributed by atoms with van der Waals surface area (Å²) in [7, 11) is 0. The van der Waals surface area contributed by atoms with Gasteiger partial charge in [0.25, 0.3) is 0 Å². The predicted octanol–water partition coefficient (Wildman–Crippen LogP) is 4.92. The maximum atomic E-state index is 11.4. The molecule has 0 amide bonds. The zero-order valence-electron chi connectivity index (χ0n) is 10.9. The standard InChI is InChI=1S/C15H16Cl2O3/c16-11-6-7-14(13(17)8-11)20-9-12(15(18)19)10-4-2-1-3-5-10/h6-10H,1-5H2,(H,18,19). The summed E-state index contributed by atoms with van der Waals surface area (Å²) in [5, 5.41) is 10.2. The highest BCUT2D eigenvalue weighted by Crippen LogP contribution is 2.31. The van der Waals surface area contributed by atoms with E-state index in [0.717, 1.165) is 25.7 Å². The largest absolute Gasteiger partial charge is 0.478 e. The van der Waals surface area contributed by atoms with E-state index < -0.39 is 5.97 Å². The molecule has 1 aliphatic rings. The third-order valence-electron chi connectivity index (χ3n) is 3.50. The van der Waals surface area contributed by atoms with Crippen molar-refractivity contribution in [3.8, 4) is 5.75 Å². The van der Waals surface area contributed by atoms with Crippen molar-refractivity contribution < 1.29 is 14.6 Å². The third-order valence-corrected chi connectivity index (χ3v) is 4.03. The Labute approximate surface area is 128 Å². The molecule has 0 spiro atoms. The van der Waals surface area contributed by atoms with Crippen molar-refractivity contribution in [1.82, 2.24) is 0 Å². The zero-order valence-corrected chi connectivity index (χ0v) is 12.5. The first kappa shape index (κ1) is 15.2. The minimum absolute atomic E-state index is 0.0623. The normalized spacial score (nSPS) is 17.0. The van der Waals surface area contributed by atoms with Gasteiger partial charge in [0.1, 0.15) is 12.0 Å². The average molecular weight is 315 g/mol. The molecule has 1 aromatic rings. The predicted molar refractivity (Wildman–Crippen MR) is 79.4 cm³/mol. The van der Waals surface area contributed by atoms with Crippen LogP contribution in [0.4, 0.5) is 0 Å². The molecule has 5 heteroatoms. The molecule has 1 aromatic carbocycles. The quantitative estimate of drug-likeness (QED) is 0.633. The fourth-order valence-electron chi connectivity index (χ4n) is 2.43. The second-order valence-corrected chi connectivity index (χ2v) is 5.75. The molecule has 1 N–H and O–H groups in total. The van der Waals surface area contributed by atoms with Crippen LogP contribution in [0.3, 0.4) is 0 Å². The van der Waals surface area contributed by atoms with Crippen LogP contribution in [0.1, 0.15) is 32.1 Å². The Bertz CT molecular complexity index is 520. The van der Waals surface area contributed by atoms with Crippen LogP contribution < -0.4 is 4.74 Å². The summed E-state index contributed by atoms with van der Waals surface area (Å²) in [5.74, 6) is -0.458.